The second kappa shape index (κ2) is 8.81. The summed E-state index contributed by atoms with van der Waals surface area (Å²) < 4.78 is 20.3. The molecule has 7 nitrogen and oxygen atoms in total. The van der Waals surface area contributed by atoms with E-state index >= 15 is 0 Å². The number of anilines is 2. The Morgan fingerprint density at radius 3 is 2.70 bits per heavy atom. The molecule has 1 aromatic carbocycles. The Labute approximate surface area is 169 Å². The van der Waals surface area contributed by atoms with Gasteiger partial charge in [-0.3, -0.25) is 9.78 Å². The van der Waals surface area contributed by atoms with Crippen molar-refractivity contribution in [3.63, 3.8) is 0 Å². The number of aliphatic hydroxyl groups is 2. The number of rotatable bonds is 8. The van der Waals surface area contributed by atoms with E-state index in [0.717, 1.165) is 3.57 Å². The number of carbonyl (C=O) groups excluding carboxylic acids is 1. The number of carbonyl (C=O) groups is 1. The minimum Gasteiger partial charge on any atom is -0.491 e. The lowest BCUT2D eigenvalue weighted by Crippen LogP contribution is -2.36. The van der Waals surface area contributed by atoms with Crippen LogP contribution in [0.15, 0.2) is 30.6 Å². The minimum absolute atomic E-state index is 0.0145. The number of halogens is 2. The van der Waals surface area contributed by atoms with Gasteiger partial charge in [-0.2, -0.15) is 0 Å². The van der Waals surface area contributed by atoms with Gasteiger partial charge in [0.15, 0.2) is 5.75 Å². The van der Waals surface area contributed by atoms with Crippen LogP contribution in [0.1, 0.15) is 30.6 Å². The highest BCUT2D eigenvalue weighted by Crippen LogP contribution is 2.29. The van der Waals surface area contributed by atoms with Crippen molar-refractivity contribution in [2.24, 2.45) is 5.73 Å². The number of aliphatic hydroxyl groups excluding tert-OH is 1. The zero-order valence-electron chi connectivity index (χ0n) is 14.9. The van der Waals surface area contributed by atoms with Crippen LogP contribution in [0.25, 0.3) is 0 Å². The smallest absolute Gasteiger partial charge is 0.254 e. The Morgan fingerprint density at radius 1 is 1.41 bits per heavy atom. The van der Waals surface area contributed by atoms with Gasteiger partial charge in [0.1, 0.15) is 11.4 Å². The molecule has 0 spiro atoms. The molecule has 9 heteroatoms. The summed E-state index contributed by atoms with van der Waals surface area (Å²) in [6.45, 7) is 2.98. The molecule has 27 heavy (non-hydrogen) atoms. The molecule has 2 rings (SSSR count). The van der Waals surface area contributed by atoms with E-state index in [-0.39, 0.29) is 35.7 Å². The van der Waals surface area contributed by atoms with Gasteiger partial charge in [-0.05, 0) is 54.6 Å². The zero-order valence-corrected chi connectivity index (χ0v) is 17.0. The number of nitrogens with zero attached hydrogens (tertiary/aromatic N) is 1. The Hall–Kier alpha value is -1.98. The third-order valence-electron chi connectivity index (χ3n) is 3.82. The van der Waals surface area contributed by atoms with Gasteiger partial charge in [0.2, 0.25) is 0 Å². The topological polar surface area (TPSA) is 118 Å². The Kier molecular flexibility index (Phi) is 6.95. The predicted octanol–water partition coefficient (Wildman–Crippen LogP) is 2.57. The van der Waals surface area contributed by atoms with Crippen molar-refractivity contribution in [1.82, 2.24) is 4.98 Å². The monoisotopic (exact) mass is 489 g/mol. The molecular formula is C18H21FIN3O4. The molecule has 0 bridgehead atoms. The van der Waals surface area contributed by atoms with E-state index in [0.29, 0.717) is 0 Å². The van der Waals surface area contributed by atoms with Crippen molar-refractivity contribution in [3.8, 4) is 5.75 Å². The highest BCUT2D eigenvalue weighted by Gasteiger charge is 2.24. The lowest BCUT2D eigenvalue weighted by Gasteiger charge is -2.24. The second-order valence-corrected chi connectivity index (χ2v) is 7.73. The molecule has 1 atom stereocenters. The van der Waals surface area contributed by atoms with Gasteiger partial charge >= 0.3 is 0 Å². The molecule has 2 aromatic rings. The maximum absolute atomic E-state index is 14.1. The molecule has 146 valence electrons. The minimum atomic E-state index is -1.28. The van der Waals surface area contributed by atoms with Crippen LogP contribution < -0.4 is 15.8 Å². The van der Waals surface area contributed by atoms with E-state index in [1.807, 2.05) is 22.6 Å². The van der Waals surface area contributed by atoms with Gasteiger partial charge in [0.05, 0.1) is 42.1 Å². The first-order valence-corrected chi connectivity index (χ1v) is 9.20. The maximum atomic E-state index is 14.1. The van der Waals surface area contributed by atoms with E-state index < -0.39 is 23.4 Å². The first-order chi connectivity index (χ1) is 12.6. The number of nitrogens with one attached hydrogen (secondary N) is 1. The van der Waals surface area contributed by atoms with E-state index in [1.165, 1.54) is 38.4 Å². The summed E-state index contributed by atoms with van der Waals surface area (Å²) in [7, 11) is 0. The van der Waals surface area contributed by atoms with Gasteiger partial charge in [-0.1, -0.05) is 0 Å². The number of pyridine rings is 1. The highest BCUT2D eigenvalue weighted by atomic mass is 127. The molecular weight excluding hydrogens is 468 g/mol. The van der Waals surface area contributed by atoms with Crippen molar-refractivity contribution in [2.45, 2.75) is 32.0 Å². The first-order valence-electron chi connectivity index (χ1n) is 8.12. The Morgan fingerprint density at radius 2 is 2.11 bits per heavy atom. The number of hydrogen-bond acceptors (Lipinski definition) is 6. The molecule has 1 unspecified atom stereocenters. The number of nitrogens with two attached hydrogens (primary N) is 1. The quantitative estimate of drug-likeness (QED) is 0.424. The first kappa shape index (κ1) is 21.3. The predicted molar refractivity (Wildman–Crippen MR) is 108 cm³/mol. The van der Waals surface area contributed by atoms with Gasteiger partial charge in [0.25, 0.3) is 5.91 Å². The third-order valence-corrected chi connectivity index (χ3v) is 4.49. The maximum Gasteiger partial charge on any atom is 0.254 e. The van der Waals surface area contributed by atoms with Crippen LogP contribution >= 0.6 is 22.6 Å². The van der Waals surface area contributed by atoms with Crippen LogP contribution in [0.3, 0.4) is 0 Å². The molecule has 1 amide bonds. The van der Waals surface area contributed by atoms with Gasteiger partial charge < -0.3 is 26.0 Å². The van der Waals surface area contributed by atoms with Crippen molar-refractivity contribution in [2.75, 3.05) is 11.9 Å². The lowest BCUT2D eigenvalue weighted by molar-refractivity contribution is -0.0557. The second-order valence-electron chi connectivity index (χ2n) is 6.48. The van der Waals surface area contributed by atoms with Crippen LogP contribution in [0.4, 0.5) is 15.8 Å². The Balaban J connectivity index is 2.22. The Bertz CT molecular complexity index is 827. The summed E-state index contributed by atoms with van der Waals surface area (Å²) in [6, 6.07) is 4.59. The highest BCUT2D eigenvalue weighted by molar-refractivity contribution is 14.1. The zero-order chi connectivity index (χ0) is 20.2. The number of hydrogen-bond donors (Lipinski definition) is 4. The lowest BCUT2D eigenvalue weighted by atomic mass is 10.00. The third kappa shape index (κ3) is 5.75. The molecule has 0 saturated heterocycles. The summed E-state index contributed by atoms with van der Waals surface area (Å²) in [5, 5.41) is 22.4. The van der Waals surface area contributed by atoms with Gasteiger partial charge in [0, 0.05) is 9.99 Å². The van der Waals surface area contributed by atoms with E-state index in [9.17, 15) is 19.4 Å². The number of primary amides is 1. The van der Waals surface area contributed by atoms with E-state index in [1.54, 1.807) is 6.07 Å². The van der Waals surface area contributed by atoms with Gasteiger partial charge in [-0.15, -0.1) is 0 Å². The molecule has 1 heterocycles. The molecule has 5 N–H and O–H groups in total. The number of amides is 1. The molecule has 0 fully saturated rings. The fraction of sp³-hybridized carbons (Fsp3) is 0.333. The van der Waals surface area contributed by atoms with Crippen LogP contribution in [0.2, 0.25) is 0 Å². The van der Waals surface area contributed by atoms with Gasteiger partial charge in [-0.25, -0.2) is 4.39 Å². The SMILES string of the molecule is CC(C)(O)C(O)CCOc1cncc(Nc2ccc(I)cc2F)c1C(N)=O. The number of benzene rings is 1. The van der Waals surface area contributed by atoms with Crippen molar-refractivity contribution >= 4 is 39.9 Å². The average molecular weight is 489 g/mol. The molecule has 0 aliphatic heterocycles. The fourth-order valence-electron chi connectivity index (χ4n) is 2.27. The summed E-state index contributed by atoms with van der Waals surface area (Å²) >= 11 is 1.99. The van der Waals surface area contributed by atoms with Crippen LogP contribution in [0.5, 0.6) is 5.75 Å². The summed E-state index contributed by atoms with van der Waals surface area (Å²) in [5.74, 6) is -1.16. The molecule has 0 aliphatic rings. The van der Waals surface area contributed by atoms with Crippen molar-refractivity contribution in [3.05, 3.63) is 45.5 Å². The summed E-state index contributed by atoms with van der Waals surface area (Å²) in [4.78, 5) is 15.9. The van der Waals surface area contributed by atoms with Crippen molar-refractivity contribution < 1.29 is 24.1 Å². The van der Waals surface area contributed by atoms with E-state index in [4.69, 9.17) is 10.5 Å². The number of aromatic nitrogens is 1. The van der Waals surface area contributed by atoms with Crippen molar-refractivity contribution in [1.29, 1.82) is 0 Å². The fourth-order valence-corrected chi connectivity index (χ4v) is 2.72. The number of ether oxygens (including phenoxy) is 1. The largest absolute Gasteiger partial charge is 0.491 e. The standard InChI is InChI=1S/C18H21FIN3O4/c1-18(2,26)15(24)5-6-27-14-9-22-8-13(16(14)17(21)25)23-12-4-3-10(20)7-11(12)19/h3-4,7-9,15,23-24,26H,5-6H2,1-2H3,(H2,21,25). The average Bonchev–Trinajstić information content (AvgIpc) is 2.56. The molecule has 0 saturated carbocycles. The van der Waals surface area contributed by atoms with Crippen LogP contribution in [-0.2, 0) is 0 Å². The summed E-state index contributed by atoms with van der Waals surface area (Å²) in [6.07, 6.45) is 1.78. The molecule has 0 aliphatic carbocycles. The normalized spacial score (nSPS) is 12.5. The summed E-state index contributed by atoms with van der Waals surface area (Å²) in [5.41, 5.74) is 4.56. The van der Waals surface area contributed by atoms with Crippen LogP contribution in [0, 0.1) is 9.39 Å². The molecule has 0 radical (unpaired) electrons. The molecule has 1 aromatic heterocycles. The van der Waals surface area contributed by atoms with E-state index in [2.05, 4.69) is 10.3 Å². The van der Waals surface area contributed by atoms with Crippen LogP contribution in [-0.4, -0.2) is 39.4 Å².